The van der Waals surface area contributed by atoms with E-state index in [0.717, 1.165) is 27.5 Å². The third kappa shape index (κ3) is 2.31. The molecule has 0 aliphatic heterocycles. The normalized spacial score (nSPS) is 10.0. The summed E-state index contributed by atoms with van der Waals surface area (Å²) in [4.78, 5) is 2.69. The van der Waals surface area contributed by atoms with Crippen LogP contribution in [0.25, 0.3) is 32.4 Å². The second-order valence-electron chi connectivity index (χ2n) is 4.32. The van der Waals surface area contributed by atoms with E-state index in [0.29, 0.717) is 13.0 Å². The van der Waals surface area contributed by atoms with Gasteiger partial charge in [0.15, 0.2) is 0 Å². The lowest BCUT2D eigenvalue weighted by molar-refractivity contribution is 0.669. The van der Waals surface area contributed by atoms with Crippen molar-refractivity contribution in [2.45, 2.75) is 6.42 Å². The number of hydrogen-bond donors (Lipinski definition) is 0. The predicted octanol–water partition coefficient (Wildman–Crippen LogP) is 4.64. The molecule has 20 heavy (non-hydrogen) atoms. The molecule has 0 radical (unpaired) electrons. The Hall–Kier alpha value is -2.89. The van der Waals surface area contributed by atoms with Crippen LogP contribution >= 0.6 is 0 Å². The first kappa shape index (κ1) is 12.2. The zero-order chi connectivity index (χ0) is 13.8. The van der Waals surface area contributed by atoms with Gasteiger partial charge in [0.05, 0.1) is 0 Å². The Morgan fingerprint density at radius 3 is 2.85 bits per heavy atom. The van der Waals surface area contributed by atoms with E-state index in [2.05, 4.69) is 21.9 Å². The number of rotatable bonds is 2. The fraction of sp³-hybridized carbons (Fsp3) is 0.125. The minimum atomic E-state index is 0.403. The molecule has 0 unspecified atom stereocenters. The minimum Gasteiger partial charge on any atom is -0.456 e. The summed E-state index contributed by atoms with van der Waals surface area (Å²) in [5, 5.41) is 5.62. The molecule has 0 aliphatic rings. The average Bonchev–Trinajstić information content (AvgIpc) is 2.85. The van der Waals surface area contributed by atoms with Gasteiger partial charge in [-0.25, -0.2) is 0 Å². The fourth-order valence-electron chi connectivity index (χ4n) is 2.12. The molecule has 0 atom stereocenters. The van der Waals surface area contributed by atoms with Gasteiger partial charge in [-0.1, -0.05) is 35.2 Å². The van der Waals surface area contributed by atoms with Gasteiger partial charge in [-0.3, -0.25) is 0 Å². The summed E-state index contributed by atoms with van der Waals surface area (Å²) in [5.74, 6) is 6.07. The molecule has 1 aromatic heterocycles. The molecule has 1 heterocycles. The summed E-state index contributed by atoms with van der Waals surface area (Å²) in [6.45, 7) is 0.403. The van der Waals surface area contributed by atoms with Gasteiger partial charge < -0.3 is 4.42 Å². The van der Waals surface area contributed by atoms with Crippen LogP contribution in [-0.4, -0.2) is 6.54 Å². The van der Waals surface area contributed by atoms with Crippen LogP contribution in [0.1, 0.15) is 12.0 Å². The number of azide groups is 1. The maximum atomic E-state index is 8.18. The third-order valence-corrected chi connectivity index (χ3v) is 3.01. The lowest BCUT2D eigenvalue weighted by Gasteiger charge is -1.91. The van der Waals surface area contributed by atoms with Crippen molar-refractivity contribution in [1.29, 1.82) is 0 Å². The zero-order valence-corrected chi connectivity index (χ0v) is 10.7. The molecule has 0 saturated heterocycles. The molecular formula is C16H11N3O. The van der Waals surface area contributed by atoms with E-state index >= 15 is 0 Å². The first-order valence-electron chi connectivity index (χ1n) is 6.29. The van der Waals surface area contributed by atoms with Gasteiger partial charge in [0.25, 0.3) is 0 Å². The van der Waals surface area contributed by atoms with E-state index < -0.39 is 0 Å². The molecule has 0 saturated carbocycles. The van der Waals surface area contributed by atoms with Crippen LogP contribution in [0.3, 0.4) is 0 Å². The first-order chi connectivity index (χ1) is 9.88. The summed E-state index contributed by atoms with van der Waals surface area (Å²) in [5.41, 5.74) is 10.9. The van der Waals surface area contributed by atoms with Crippen molar-refractivity contribution in [1.82, 2.24) is 0 Å². The number of para-hydroxylation sites is 1. The molecule has 0 amide bonds. The van der Waals surface area contributed by atoms with Gasteiger partial charge in [-0.05, 0) is 29.8 Å². The van der Waals surface area contributed by atoms with E-state index in [-0.39, 0.29) is 0 Å². The summed E-state index contributed by atoms with van der Waals surface area (Å²) >= 11 is 0. The second kappa shape index (κ2) is 5.40. The molecule has 0 aliphatic carbocycles. The quantitative estimate of drug-likeness (QED) is 0.218. The standard InChI is InChI=1S/C16H11N3O/c17-19-18-10-4-3-5-12-8-9-16-14(11-12)13-6-1-2-7-15(13)20-16/h1-2,6-9,11H,4,10H2. The maximum Gasteiger partial charge on any atom is 0.135 e. The summed E-state index contributed by atoms with van der Waals surface area (Å²) in [7, 11) is 0. The van der Waals surface area contributed by atoms with Crippen LogP contribution in [0.2, 0.25) is 0 Å². The van der Waals surface area contributed by atoms with Gasteiger partial charge in [-0.15, -0.1) is 0 Å². The van der Waals surface area contributed by atoms with Gasteiger partial charge >= 0.3 is 0 Å². The van der Waals surface area contributed by atoms with Crippen molar-refractivity contribution in [3.63, 3.8) is 0 Å². The van der Waals surface area contributed by atoms with E-state index in [1.807, 2.05) is 42.5 Å². The summed E-state index contributed by atoms with van der Waals surface area (Å²) < 4.78 is 5.76. The molecule has 3 rings (SSSR count). The van der Waals surface area contributed by atoms with Crippen molar-refractivity contribution in [3.05, 3.63) is 58.5 Å². The number of fused-ring (bicyclic) bond motifs is 3. The first-order valence-corrected chi connectivity index (χ1v) is 6.29. The topological polar surface area (TPSA) is 61.9 Å². The Morgan fingerprint density at radius 1 is 1.10 bits per heavy atom. The number of hydrogen-bond acceptors (Lipinski definition) is 2. The highest BCUT2D eigenvalue weighted by Gasteiger charge is 2.05. The van der Waals surface area contributed by atoms with Crippen molar-refractivity contribution in [2.75, 3.05) is 6.54 Å². The van der Waals surface area contributed by atoms with Crippen LogP contribution in [0.5, 0.6) is 0 Å². The van der Waals surface area contributed by atoms with Crippen LogP contribution in [0, 0.1) is 11.8 Å². The minimum absolute atomic E-state index is 0.403. The third-order valence-electron chi connectivity index (χ3n) is 3.01. The Morgan fingerprint density at radius 2 is 1.95 bits per heavy atom. The highest BCUT2D eigenvalue weighted by Crippen LogP contribution is 2.28. The Labute approximate surface area is 115 Å². The Balaban J connectivity index is 1.97. The highest BCUT2D eigenvalue weighted by atomic mass is 16.3. The SMILES string of the molecule is [N-]=[N+]=NCCC#Cc1ccc2oc3ccccc3c2c1. The molecule has 3 aromatic rings. The average molecular weight is 261 g/mol. The zero-order valence-electron chi connectivity index (χ0n) is 10.7. The molecule has 0 N–H and O–H groups in total. The fourth-order valence-corrected chi connectivity index (χ4v) is 2.12. The maximum absolute atomic E-state index is 8.18. The summed E-state index contributed by atoms with van der Waals surface area (Å²) in [6.07, 6.45) is 0.564. The van der Waals surface area contributed by atoms with E-state index in [4.69, 9.17) is 9.95 Å². The highest BCUT2D eigenvalue weighted by molar-refractivity contribution is 6.05. The van der Waals surface area contributed by atoms with E-state index in [1.54, 1.807) is 0 Å². The van der Waals surface area contributed by atoms with Gasteiger partial charge in [-0.2, -0.15) is 0 Å². The molecule has 4 heteroatoms. The molecule has 0 spiro atoms. The number of nitrogens with zero attached hydrogens (tertiary/aromatic N) is 3. The largest absolute Gasteiger partial charge is 0.456 e. The van der Waals surface area contributed by atoms with Gasteiger partial charge in [0.1, 0.15) is 11.2 Å². The smallest absolute Gasteiger partial charge is 0.135 e. The number of furan rings is 1. The van der Waals surface area contributed by atoms with Crippen LogP contribution in [0.4, 0.5) is 0 Å². The second-order valence-corrected chi connectivity index (χ2v) is 4.32. The molecular weight excluding hydrogens is 250 g/mol. The van der Waals surface area contributed by atoms with Crippen LogP contribution in [-0.2, 0) is 0 Å². The Bertz CT molecular complexity index is 877. The van der Waals surface area contributed by atoms with Crippen LogP contribution < -0.4 is 0 Å². The van der Waals surface area contributed by atoms with Crippen molar-refractivity contribution in [3.8, 4) is 11.8 Å². The molecule has 2 aromatic carbocycles. The molecule has 0 bridgehead atoms. The number of benzene rings is 2. The molecule has 4 nitrogen and oxygen atoms in total. The van der Waals surface area contributed by atoms with Crippen molar-refractivity contribution >= 4 is 21.9 Å². The molecule has 96 valence electrons. The van der Waals surface area contributed by atoms with Gasteiger partial charge in [0.2, 0.25) is 0 Å². The predicted molar refractivity (Wildman–Crippen MR) is 79.2 cm³/mol. The van der Waals surface area contributed by atoms with Crippen molar-refractivity contribution in [2.24, 2.45) is 5.11 Å². The molecule has 0 fully saturated rings. The van der Waals surface area contributed by atoms with Crippen molar-refractivity contribution < 1.29 is 4.42 Å². The Kier molecular flexibility index (Phi) is 3.28. The monoisotopic (exact) mass is 261 g/mol. The van der Waals surface area contributed by atoms with Gasteiger partial charge in [0, 0.05) is 34.2 Å². The summed E-state index contributed by atoms with van der Waals surface area (Å²) in [6, 6.07) is 13.9. The van der Waals surface area contributed by atoms with E-state index in [1.165, 1.54) is 0 Å². The lowest BCUT2D eigenvalue weighted by Crippen LogP contribution is -1.76. The lowest BCUT2D eigenvalue weighted by atomic mass is 10.1. The van der Waals surface area contributed by atoms with E-state index in [9.17, 15) is 0 Å². The van der Waals surface area contributed by atoms with Crippen LogP contribution in [0.15, 0.2) is 52.0 Å².